The van der Waals surface area contributed by atoms with Gasteiger partial charge in [0.05, 0.1) is 6.54 Å². The molecule has 0 spiro atoms. The van der Waals surface area contributed by atoms with Gasteiger partial charge in [-0.3, -0.25) is 4.90 Å². The van der Waals surface area contributed by atoms with E-state index in [9.17, 15) is 18.0 Å². The van der Waals surface area contributed by atoms with Crippen LogP contribution in [-0.4, -0.2) is 49.8 Å². The molecule has 2 amide bonds. The molecule has 1 aliphatic heterocycles. The molecule has 2 rings (SSSR count). The Kier molecular flexibility index (Phi) is 6.74. The first kappa shape index (κ1) is 18.9. The third-order valence-corrected chi connectivity index (χ3v) is 4.15. The lowest BCUT2D eigenvalue weighted by molar-refractivity contribution is -0.143. The summed E-state index contributed by atoms with van der Waals surface area (Å²) in [6.07, 6.45) is -2.84. The van der Waals surface area contributed by atoms with Crippen molar-refractivity contribution >= 4 is 17.6 Å². The first-order chi connectivity index (χ1) is 11.3. The molecule has 0 bridgehead atoms. The topological polar surface area (TPSA) is 44.4 Å². The van der Waals surface area contributed by atoms with E-state index in [0.29, 0.717) is 44.0 Å². The Morgan fingerprint density at radius 1 is 1.33 bits per heavy atom. The number of carbonyl (C=O) groups is 1. The molecule has 4 nitrogen and oxygen atoms in total. The van der Waals surface area contributed by atoms with Gasteiger partial charge in [-0.05, 0) is 43.0 Å². The number of hydrogen-bond donors (Lipinski definition) is 2. The first-order valence-corrected chi connectivity index (χ1v) is 8.25. The minimum atomic E-state index is -4.17. The van der Waals surface area contributed by atoms with Crippen molar-refractivity contribution in [2.75, 3.05) is 32.7 Å². The zero-order valence-electron chi connectivity index (χ0n) is 13.2. The van der Waals surface area contributed by atoms with Gasteiger partial charge in [-0.25, -0.2) is 4.79 Å². The molecule has 8 heteroatoms. The zero-order chi connectivity index (χ0) is 17.6. The molecule has 0 saturated carbocycles. The number of hydrogen-bond acceptors (Lipinski definition) is 2. The molecule has 1 aromatic rings. The van der Waals surface area contributed by atoms with Crippen LogP contribution in [-0.2, 0) is 6.42 Å². The van der Waals surface area contributed by atoms with E-state index in [1.165, 1.54) is 4.90 Å². The first-order valence-electron chi connectivity index (χ1n) is 7.87. The number of nitrogens with zero attached hydrogens (tertiary/aromatic N) is 1. The maximum absolute atomic E-state index is 12.3. The number of rotatable bonds is 6. The maximum atomic E-state index is 12.3. The molecule has 0 aliphatic carbocycles. The molecule has 0 radical (unpaired) electrons. The van der Waals surface area contributed by atoms with Crippen LogP contribution in [0, 0.1) is 5.92 Å². The number of benzene rings is 1. The van der Waals surface area contributed by atoms with E-state index in [1.807, 2.05) is 18.2 Å². The van der Waals surface area contributed by atoms with E-state index in [1.54, 1.807) is 6.07 Å². The van der Waals surface area contributed by atoms with Crippen LogP contribution in [0.4, 0.5) is 18.0 Å². The lowest BCUT2D eigenvalue weighted by Crippen LogP contribution is -2.40. The number of alkyl halides is 3. The van der Waals surface area contributed by atoms with Gasteiger partial charge >= 0.3 is 12.2 Å². The SMILES string of the molecule is O=C(NCCc1cccc(Cl)c1)NCC1CCN(CC(F)(F)F)C1. The summed E-state index contributed by atoms with van der Waals surface area (Å²) in [5.74, 6) is 0.0611. The molecule has 1 fully saturated rings. The average molecular weight is 364 g/mol. The third-order valence-electron chi connectivity index (χ3n) is 3.91. The van der Waals surface area contributed by atoms with Crippen LogP contribution in [0.2, 0.25) is 5.02 Å². The van der Waals surface area contributed by atoms with E-state index >= 15 is 0 Å². The largest absolute Gasteiger partial charge is 0.401 e. The molecule has 1 aliphatic rings. The molecular formula is C16H21ClF3N3O. The lowest BCUT2D eigenvalue weighted by Gasteiger charge is -2.18. The van der Waals surface area contributed by atoms with Crippen LogP contribution in [0.25, 0.3) is 0 Å². The highest BCUT2D eigenvalue weighted by molar-refractivity contribution is 6.30. The van der Waals surface area contributed by atoms with E-state index in [0.717, 1.165) is 5.56 Å². The number of nitrogens with one attached hydrogen (secondary N) is 2. The van der Waals surface area contributed by atoms with Crippen LogP contribution >= 0.6 is 11.6 Å². The Morgan fingerprint density at radius 3 is 2.83 bits per heavy atom. The van der Waals surface area contributed by atoms with Gasteiger partial charge in [-0.2, -0.15) is 13.2 Å². The maximum Gasteiger partial charge on any atom is 0.401 e. The predicted molar refractivity (Wildman–Crippen MR) is 87.2 cm³/mol. The van der Waals surface area contributed by atoms with Gasteiger partial charge in [-0.1, -0.05) is 23.7 Å². The van der Waals surface area contributed by atoms with Crippen molar-refractivity contribution in [2.24, 2.45) is 5.92 Å². The van der Waals surface area contributed by atoms with Crippen molar-refractivity contribution in [3.8, 4) is 0 Å². The molecule has 1 unspecified atom stereocenters. The van der Waals surface area contributed by atoms with Gasteiger partial charge in [0.15, 0.2) is 0 Å². The monoisotopic (exact) mass is 363 g/mol. The van der Waals surface area contributed by atoms with Crippen LogP contribution in [0.3, 0.4) is 0 Å². The summed E-state index contributed by atoms with van der Waals surface area (Å²) in [6.45, 7) is 0.758. The predicted octanol–water partition coefficient (Wildman–Crippen LogP) is 3.07. The smallest absolute Gasteiger partial charge is 0.338 e. The van der Waals surface area contributed by atoms with Crippen molar-refractivity contribution in [3.63, 3.8) is 0 Å². The van der Waals surface area contributed by atoms with Gasteiger partial charge in [0.1, 0.15) is 0 Å². The summed E-state index contributed by atoms with van der Waals surface area (Å²) >= 11 is 5.89. The highest BCUT2D eigenvalue weighted by Gasteiger charge is 2.34. The van der Waals surface area contributed by atoms with Gasteiger partial charge in [0, 0.05) is 24.7 Å². The minimum absolute atomic E-state index is 0.0611. The number of halogens is 4. The quantitative estimate of drug-likeness (QED) is 0.816. The zero-order valence-corrected chi connectivity index (χ0v) is 14.0. The van der Waals surface area contributed by atoms with Crippen molar-refractivity contribution in [1.82, 2.24) is 15.5 Å². The number of carbonyl (C=O) groups excluding carboxylic acids is 1. The fourth-order valence-electron chi connectivity index (χ4n) is 2.79. The lowest BCUT2D eigenvalue weighted by atomic mass is 10.1. The molecule has 1 aromatic carbocycles. The van der Waals surface area contributed by atoms with E-state index in [2.05, 4.69) is 10.6 Å². The molecule has 1 heterocycles. The second kappa shape index (κ2) is 8.58. The van der Waals surface area contributed by atoms with Crippen LogP contribution in [0.15, 0.2) is 24.3 Å². The molecule has 24 heavy (non-hydrogen) atoms. The van der Waals surface area contributed by atoms with E-state index in [-0.39, 0.29) is 11.9 Å². The molecule has 0 aromatic heterocycles. The van der Waals surface area contributed by atoms with Crippen molar-refractivity contribution in [2.45, 2.75) is 19.0 Å². The van der Waals surface area contributed by atoms with Gasteiger partial charge in [0.25, 0.3) is 0 Å². The highest BCUT2D eigenvalue weighted by atomic mass is 35.5. The summed E-state index contributed by atoms with van der Waals surface area (Å²) in [4.78, 5) is 13.1. The third kappa shape index (κ3) is 6.97. The van der Waals surface area contributed by atoms with E-state index < -0.39 is 12.7 Å². The summed E-state index contributed by atoms with van der Waals surface area (Å²) in [5, 5.41) is 6.11. The number of urea groups is 1. The fraction of sp³-hybridized carbons (Fsp3) is 0.562. The average Bonchev–Trinajstić information content (AvgIpc) is 2.90. The molecular weight excluding hydrogens is 343 g/mol. The van der Waals surface area contributed by atoms with Crippen molar-refractivity contribution < 1.29 is 18.0 Å². The second-order valence-electron chi connectivity index (χ2n) is 6.02. The Labute approximate surface area is 144 Å². The van der Waals surface area contributed by atoms with Crippen molar-refractivity contribution in [3.05, 3.63) is 34.9 Å². The Morgan fingerprint density at radius 2 is 2.12 bits per heavy atom. The van der Waals surface area contributed by atoms with Gasteiger partial charge in [0.2, 0.25) is 0 Å². The standard InChI is InChI=1S/C16H21ClF3N3O/c17-14-3-1-2-12(8-14)4-6-21-15(24)22-9-13-5-7-23(10-13)11-16(18,19)20/h1-3,8,13H,4-7,9-11H2,(H2,21,22,24). The molecule has 134 valence electrons. The summed E-state index contributed by atoms with van der Waals surface area (Å²) in [6, 6.07) is 7.11. The number of likely N-dealkylation sites (tertiary alicyclic amines) is 1. The van der Waals surface area contributed by atoms with Crippen LogP contribution in [0.5, 0.6) is 0 Å². The summed E-state index contributed by atoms with van der Waals surface area (Å²) < 4.78 is 37.0. The Hall–Kier alpha value is -1.47. The molecule has 1 saturated heterocycles. The van der Waals surface area contributed by atoms with Crippen LogP contribution < -0.4 is 10.6 Å². The summed E-state index contributed by atoms with van der Waals surface area (Å²) in [7, 11) is 0. The number of amides is 2. The van der Waals surface area contributed by atoms with Crippen molar-refractivity contribution in [1.29, 1.82) is 0 Å². The molecule has 2 N–H and O–H groups in total. The minimum Gasteiger partial charge on any atom is -0.338 e. The van der Waals surface area contributed by atoms with E-state index in [4.69, 9.17) is 11.6 Å². The fourth-order valence-corrected chi connectivity index (χ4v) is 3.00. The highest BCUT2D eigenvalue weighted by Crippen LogP contribution is 2.22. The second-order valence-corrected chi connectivity index (χ2v) is 6.46. The van der Waals surface area contributed by atoms with Crippen LogP contribution in [0.1, 0.15) is 12.0 Å². The summed E-state index contributed by atoms with van der Waals surface area (Å²) in [5.41, 5.74) is 1.03. The van der Waals surface area contributed by atoms with Gasteiger partial charge < -0.3 is 10.6 Å². The Balaban J connectivity index is 1.60. The normalized spacial score (nSPS) is 18.6. The van der Waals surface area contributed by atoms with Gasteiger partial charge in [-0.15, -0.1) is 0 Å². The molecule has 1 atom stereocenters. The Bertz CT molecular complexity index is 554.